The second-order valence-corrected chi connectivity index (χ2v) is 26.0. The van der Waals surface area contributed by atoms with Crippen molar-refractivity contribution < 1.29 is 24.5 Å². The van der Waals surface area contributed by atoms with Crippen molar-refractivity contribution in [2.24, 2.45) is 0 Å². The zero-order valence-corrected chi connectivity index (χ0v) is 56.6. The van der Waals surface area contributed by atoms with Crippen LogP contribution in [0.15, 0.2) is 48.6 Å². The molecule has 1 amide bonds. The first-order valence-corrected chi connectivity index (χ1v) is 37.9. The summed E-state index contributed by atoms with van der Waals surface area (Å²) in [5.41, 5.74) is 0. The van der Waals surface area contributed by atoms with Gasteiger partial charge in [0.1, 0.15) is 0 Å². The van der Waals surface area contributed by atoms with Crippen LogP contribution in [0.4, 0.5) is 0 Å². The number of aliphatic hydroxyl groups is 2. The van der Waals surface area contributed by atoms with Gasteiger partial charge < -0.3 is 20.3 Å². The summed E-state index contributed by atoms with van der Waals surface area (Å²) >= 11 is 0. The van der Waals surface area contributed by atoms with Crippen LogP contribution in [0.1, 0.15) is 412 Å². The molecule has 3 N–H and O–H groups in total. The minimum atomic E-state index is -0.847. The molecule has 0 aliphatic heterocycles. The topological polar surface area (TPSA) is 95.9 Å². The molecule has 0 fully saturated rings. The Morgan fingerprint density at radius 3 is 0.952 bits per heavy atom. The minimum absolute atomic E-state index is 0.00115. The summed E-state index contributed by atoms with van der Waals surface area (Å²) in [5, 5.41) is 23.3. The number of carbonyl (C=O) groups is 2. The number of nitrogens with one attached hydrogen (secondary N) is 1. The zero-order valence-electron chi connectivity index (χ0n) is 56.6. The SMILES string of the molecule is CCCC/C=C\C/C=C\CCCCCCCC(=O)OCCCCCCCCCCCCCC/C=C\CCCCCCCCCCCCCCC(=O)NC(CO)C(O)/C=C/CCCCCCCCCCCCCCCCCCCCCCCCC. The lowest BCUT2D eigenvalue weighted by Crippen LogP contribution is -2.45. The Morgan fingerprint density at radius 1 is 0.333 bits per heavy atom. The van der Waals surface area contributed by atoms with Crippen LogP contribution in [0.2, 0.25) is 0 Å². The monoisotopic (exact) mass is 1180 g/mol. The van der Waals surface area contributed by atoms with E-state index in [9.17, 15) is 19.8 Å². The van der Waals surface area contributed by atoms with Gasteiger partial charge in [-0.1, -0.05) is 364 Å². The van der Waals surface area contributed by atoms with Gasteiger partial charge in [-0.05, 0) is 83.5 Å². The first-order chi connectivity index (χ1) is 41.5. The molecule has 0 saturated heterocycles. The van der Waals surface area contributed by atoms with E-state index in [0.717, 1.165) is 51.4 Å². The van der Waals surface area contributed by atoms with Crippen LogP contribution in [0, 0.1) is 0 Å². The molecule has 0 bridgehead atoms. The van der Waals surface area contributed by atoms with E-state index in [2.05, 4.69) is 55.6 Å². The molecule has 2 unspecified atom stereocenters. The Morgan fingerprint density at radius 2 is 0.607 bits per heavy atom. The maximum Gasteiger partial charge on any atom is 0.305 e. The molecule has 6 nitrogen and oxygen atoms in total. The number of allylic oxidation sites excluding steroid dienone is 7. The van der Waals surface area contributed by atoms with Gasteiger partial charge >= 0.3 is 5.97 Å². The third-order valence-electron chi connectivity index (χ3n) is 17.6. The minimum Gasteiger partial charge on any atom is -0.466 e. The van der Waals surface area contributed by atoms with Crippen LogP contribution in [-0.2, 0) is 14.3 Å². The number of rotatable bonds is 71. The van der Waals surface area contributed by atoms with E-state index in [1.54, 1.807) is 6.08 Å². The Kier molecular flexibility index (Phi) is 71.4. The lowest BCUT2D eigenvalue weighted by molar-refractivity contribution is -0.143. The van der Waals surface area contributed by atoms with E-state index in [-0.39, 0.29) is 18.5 Å². The Balaban J connectivity index is 3.41. The number of carbonyl (C=O) groups excluding carboxylic acids is 2. The first-order valence-electron chi connectivity index (χ1n) is 37.9. The van der Waals surface area contributed by atoms with Gasteiger partial charge in [0.15, 0.2) is 0 Å². The quantitative estimate of drug-likeness (QED) is 0.0320. The molecule has 0 spiro atoms. The van der Waals surface area contributed by atoms with Crippen molar-refractivity contribution in [3.63, 3.8) is 0 Å². The molecule has 0 radical (unpaired) electrons. The Hall–Kier alpha value is -2.18. The van der Waals surface area contributed by atoms with Gasteiger partial charge in [-0.2, -0.15) is 0 Å². The van der Waals surface area contributed by atoms with Crippen LogP contribution in [0.3, 0.4) is 0 Å². The van der Waals surface area contributed by atoms with Crippen LogP contribution < -0.4 is 5.32 Å². The van der Waals surface area contributed by atoms with Crippen molar-refractivity contribution in [2.45, 2.75) is 424 Å². The lowest BCUT2D eigenvalue weighted by Gasteiger charge is -2.20. The molecule has 84 heavy (non-hydrogen) atoms. The van der Waals surface area contributed by atoms with Crippen LogP contribution in [0.5, 0.6) is 0 Å². The lowest BCUT2D eigenvalue weighted by atomic mass is 10.0. The van der Waals surface area contributed by atoms with Crippen molar-refractivity contribution in [1.82, 2.24) is 5.32 Å². The summed E-state index contributed by atoms with van der Waals surface area (Å²) < 4.78 is 5.48. The van der Waals surface area contributed by atoms with Gasteiger partial charge in [-0.3, -0.25) is 9.59 Å². The predicted octanol–water partition coefficient (Wildman–Crippen LogP) is 24.8. The third kappa shape index (κ3) is 68.9. The normalized spacial score (nSPS) is 12.8. The number of hydrogen-bond donors (Lipinski definition) is 3. The second-order valence-electron chi connectivity index (χ2n) is 26.0. The van der Waals surface area contributed by atoms with E-state index < -0.39 is 12.1 Å². The summed E-state index contributed by atoms with van der Waals surface area (Å²) in [6.07, 6.45) is 96.4. The van der Waals surface area contributed by atoms with Crippen LogP contribution >= 0.6 is 0 Å². The van der Waals surface area contributed by atoms with E-state index in [1.165, 1.54) is 334 Å². The molecule has 0 aromatic heterocycles. The maximum absolute atomic E-state index is 12.5. The number of aliphatic hydroxyl groups excluding tert-OH is 2. The van der Waals surface area contributed by atoms with E-state index >= 15 is 0 Å². The molecule has 6 heteroatoms. The van der Waals surface area contributed by atoms with Gasteiger partial charge in [-0.25, -0.2) is 0 Å². The fraction of sp³-hybridized carbons (Fsp3) is 0.872. The number of hydrogen-bond acceptors (Lipinski definition) is 5. The fourth-order valence-electron chi connectivity index (χ4n) is 11.8. The zero-order chi connectivity index (χ0) is 60.6. The van der Waals surface area contributed by atoms with Crippen molar-refractivity contribution in [3.05, 3.63) is 48.6 Å². The van der Waals surface area contributed by atoms with Crippen LogP contribution in [0.25, 0.3) is 0 Å². The molecule has 0 aliphatic carbocycles. The molecule has 0 rings (SSSR count). The Bertz CT molecular complexity index is 1400. The van der Waals surface area contributed by atoms with Crippen molar-refractivity contribution in [3.8, 4) is 0 Å². The van der Waals surface area contributed by atoms with Crippen molar-refractivity contribution in [1.29, 1.82) is 0 Å². The third-order valence-corrected chi connectivity index (χ3v) is 17.6. The molecule has 0 heterocycles. The van der Waals surface area contributed by atoms with Gasteiger partial charge in [0.25, 0.3) is 0 Å². The maximum atomic E-state index is 12.5. The highest BCUT2D eigenvalue weighted by Crippen LogP contribution is 2.19. The average molecular weight is 1180 g/mol. The summed E-state index contributed by atoms with van der Waals surface area (Å²) in [7, 11) is 0. The molecule has 2 atom stereocenters. The molecule has 0 aromatic rings. The highest BCUT2D eigenvalue weighted by molar-refractivity contribution is 5.76. The standard InChI is InChI=1S/C78H147NO5/c1-3-5-7-9-11-13-15-17-19-20-21-22-23-28-31-34-37-40-43-46-50-54-58-62-66-70-76(81)75(74-80)79-77(82)71-67-63-59-55-51-47-44-41-38-35-32-29-26-24-25-27-30-33-36-39-42-45-49-53-57-61-65-69-73-84-78(83)72-68-64-60-56-52-48-18-16-14-12-10-8-6-4-2/h10,12,16,18,24-25,66,70,75-76,80-81H,3-9,11,13-15,17,19-23,26-65,67-69,71-74H2,1-2H3,(H,79,82)/b12-10-,18-16-,25-24-,70-66+. The van der Waals surface area contributed by atoms with Gasteiger partial charge in [-0.15, -0.1) is 0 Å². The molecule has 0 aliphatic rings. The molecule has 0 aromatic carbocycles. The molecule has 0 saturated carbocycles. The summed E-state index contributed by atoms with van der Waals surface area (Å²) in [5.74, 6) is -0.0626. The highest BCUT2D eigenvalue weighted by atomic mass is 16.5. The Labute approximate surface area is 525 Å². The first kappa shape index (κ1) is 81.8. The summed E-state index contributed by atoms with van der Waals surface area (Å²) in [6, 6.07) is -0.630. The average Bonchev–Trinajstić information content (AvgIpc) is 3.51. The predicted molar refractivity (Wildman–Crippen MR) is 370 cm³/mol. The largest absolute Gasteiger partial charge is 0.466 e. The van der Waals surface area contributed by atoms with E-state index in [0.29, 0.717) is 19.4 Å². The van der Waals surface area contributed by atoms with Crippen LogP contribution in [-0.4, -0.2) is 47.4 Å². The van der Waals surface area contributed by atoms with Gasteiger partial charge in [0.05, 0.1) is 25.4 Å². The highest BCUT2D eigenvalue weighted by Gasteiger charge is 2.18. The number of ether oxygens (including phenoxy) is 1. The molecular weight excluding hydrogens is 1030 g/mol. The van der Waals surface area contributed by atoms with E-state index in [1.807, 2.05) is 6.08 Å². The molecule has 494 valence electrons. The van der Waals surface area contributed by atoms with E-state index in [4.69, 9.17) is 4.74 Å². The number of esters is 1. The van der Waals surface area contributed by atoms with Crippen molar-refractivity contribution in [2.75, 3.05) is 13.2 Å². The second kappa shape index (κ2) is 73.3. The number of amides is 1. The fourth-order valence-corrected chi connectivity index (χ4v) is 11.8. The van der Waals surface area contributed by atoms with Gasteiger partial charge in [0.2, 0.25) is 5.91 Å². The smallest absolute Gasteiger partial charge is 0.305 e. The van der Waals surface area contributed by atoms with Crippen molar-refractivity contribution >= 4 is 11.9 Å². The summed E-state index contributed by atoms with van der Waals surface area (Å²) in [6.45, 7) is 4.89. The number of unbranched alkanes of at least 4 members (excludes halogenated alkanes) is 54. The molecular formula is C78H147NO5. The summed E-state index contributed by atoms with van der Waals surface area (Å²) in [4.78, 5) is 24.6. The van der Waals surface area contributed by atoms with Gasteiger partial charge in [0, 0.05) is 12.8 Å².